The quantitative estimate of drug-likeness (QED) is 0.845. The van der Waals surface area contributed by atoms with Gasteiger partial charge >= 0.3 is 0 Å². The molecule has 0 saturated carbocycles. The van der Waals surface area contributed by atoms with Crippen LogP contribution in [0.25, 0.3) is 0 Å². The van der Waals surface area contributed by atoms with E-state index in [0.29, 0.717) is 11.8 Å². The number of anilines is 1. The summed E-state index contributed by atoms with van der Waals surface area (Å²) in [5, 5.41) is 6.15. The van der Waals surface area contributed by atoms with Crippen LogP contribution in [0.15, 0.2) is 24.3 Å². The lowest BCUT2D eigenvalue weighted by molar-refractivity contribution is 0.0948. The van der Waals surface area contributed by atoms with Gasteiger partial charge in [-0.1, -0.05) is 26.0 Å². The van der Waals surface area contributed by atoms with Crippen LogP contribution in [-0.2, 0) is 0 Å². The molecule has 116 valence electrons. The van der Waals surface area contributed by atoms with Crippen molar-refractivity contribution >= 4 is 11.6 Å². The van der Waals surface area contributed by atoms with Gasteiger partial charge in [-0.05, 0) is 36.9 Å². The number of para-hydroxylation sites is 1. The van der Waals surface area contributed by atoms with Crippen LogP contribution in [0.2, 0.25) is 0 Å². The standard InChI is InChI=1S/C17H27N3O/c1-13(2)11-20-9-8-14(12-20)10-19-17(21)15-6-4-5-7-16(15)18-3/h4-7,13-14,18H,8-12H2,1-3H3,(H,19,21). The molecular weight excluding hydrogens is 262 g/mol. The Kier molecular flexibility index (Phi) is 5.62. The molecule has 21 heavy (non-hydrogen) atoms. The molecule has 0 bridgehead atoms. The number of rotatable bonds is 6. The van der Waals surface area contributed by atoms with Crippen molar-refractivity contribution in [2.75, 3.05) is 38.5 Å². The summed E-state index contributed by atoms with van der Waals surface area (Å²) < 4.78 is 0. The zero-order valence-corrected chi connectivity index (χ0v) is 13.4. The second-order valence-corrected chi connectivity index (χ2v) is 6.31. The van der Waals surface area contributed by atoms with Crippen molar-refractivity contribution in [3.8, 4) is 0 Å². The highest BCUT2D eigenvalue weighted by atomic mass is 16.1. The Morgan fingerprint density at radius 3 is 2.86 bits per heavy atom. The number of nitrogens with zero attached hydrogens (tertiary/aromatic N) is 1. The Labute approximate surface area is 127 Å². The van der Waals surface area contributed by atoms with Crippen LogP contribution in [0.3, 0.4) is 0 Å². The first-order valence-electron chi connectivity index (χ1n) is 7.87. The van der Waals surface area contributed by atoms with Crippen molar-refractivity contribution in [3.05, 3.63) is 29.8 Å². The summed E-state index contributed by atoms with van der Waals surface area (Å²) in [7, 11) is 1.84. The fraction of sp³-hybridized carbons (Fsp3) is 0.588. The van der Waals surface area contributed by atoms with Gasteiger partial charge in [0.1, 0.15) is 0 Å². The molecule has 0 aliphatic carbocycles. The summed E-state index contributed by atoms with van der Waals surface area (Å²) in [6.07, 6.45) is 1.18. The van der Waals surface area contributed by atoms with Crippen LogP contribution in [0.5, 0.6) is 0 Å². The molecule has 1 amide bonds. The van der Waals surface area contributed by atoms with Crippen LogP contribution in [-0.4, -0.2) is 44.0 Å². The van der Waals surface area contributed by atoms with E-state index in [9.17, 15) is 4.79 Å². The number of likely N-dealkylation sites (tertiary alicyclic amines) is 1. The van der Waals surface area contributed by atoms with Crippen LogP contribution in [0.4, 0.5) is 5.69 Å². The third-order valence-corrected chi connectivity index (χ3v) is 3.99. The fourth-order valence-electron chi connectivity index (χ4n) is 2.99. The van der Waals surface area contributed by atoms with E-state index in [0.717, 1.165) is 37.4 Å². The molecule has 1 heterocycles. The first-order valence-corrected chi connectivity index (χ1v) is 7.87. The molecule has 0 radical (unpaired) electrons. The van der Waals surface area contributed by atoms with Crippen molar-refractivity contribution in [2.45, 2.75) is 20.3 Å². The minimum atomic E-state index is 0.0160. The normalized spacial score (nSPS) is 19.0. The van der Waals surface area contributed by atoms with E-state index in [1.165, 1.54) is 6.42 Å². The molecule has 0 spiro atoms. The topological polar surface area (TPSA) is 44.4 Å². The first kappa shape index (κ1) is 15.8. The molecule has 1 fully saturated rings. The lowest BCUT2D eigenvalue weighted by Crippen LogP contribution is -2.32. The van der Waals surface area contributed by atoms with Gasteiger partial charge in [0.05, 0.1) is 5.56 Å². The van der Waals surface area contributed by atoms with Crippen molar-refractivity contribution in [1.82, 2.24) is 10.2 Å². The summed E-state index contributed by atoms with van der Waals surface area (Å²) >= 11 is 0. The zero-order chi connectivity index (χ0) is 15.2. The van der Waals surface area contributed by atoms with Gasteiger partial charge in [-0.15, -0.1) is 0 Å². The van der Waals surface area contributed by atoms with Crippen LogP contribution < -0.4 is 10.6 Å². The number of carbonyl (C=O) groups excluding carboxylic acids is 1. The lowest BCUT2D eigenvalue weighted by atomic mass is 10.1. The number of hydrogen-bond donors (Lipinski definition) is 2. The number of amides is 1. The van der Waals surface area contributed by atoms with Crippen molar-refractivity contribution < 1.29 is 4.79 Å². The average molecular weight is 289 g/mol. The highest BCUT2D eigenvalue weighted by Crippen LogP contribution is 2.18. The third-order valence-electron chi connectivity index (χ3n) is 3.99. The maximum Gasteiger partial charge on any atom is 0.253 e. The Bertz CT molecular complexity index is 473. The molecule has 1 aromatic carbocycles. The van der Waals surface area contributed by atoms with Crippen LogP contribution in [0, 0.1) is 11.8 Å². The summed E-state index contributed by atoms with van der Waals surface area (Å²) in [5.74, 6) is 1.30. The number of hydrogen-bond acceptors (Lipinski definition) is 3. The maximum absolute atomic E-state index is 12.3. The van der Waals surface area contributed by atoms with E-state index in [1.807, 2.05) is 31.3 Å². The summed E-state index contributed by atoms with van der Waals surface area (Å²) in [6, 6.07) is 7.62. The highest BCUT2D eigenvalue weighted by molar-refractivity contribution is 5.99. The average Bonchev–Trinajstić information content (AvgIpc) is 2.91. The van der Waals surface area contributed by atoms with Gasteiger partial charge in [-0.2, -0.15) is 0 Å². The number of nitrogens with one attached hydrogen (secondary N) is 2. The predicted octanol–water partition coefficient (Wildman–Crippen LogP) is 2.44. The van der Waals surface area contributed by atoms with Crippen LogP contribution >= 0.6 is 0 Å². The molecule has 1 aromatic rings. The van der Waals surface area contributed by atoms with Gasteiger partial charge in [0.25, 0.3) is 5.91 Å². The molecular formula is C17H27N3O. The van der Waals surface area contributed by atoms with Gasteiger partial charge in [0, 0.05) is 32.4 Å². The van der Waals surface area contributed by atoms with Gasteiger partial charge in [-0.25, -0.2) is 0 Å². The smallest absolute Gasteiger partial charge is 0.253 e. The molecule has 1 aliphatic heterocycles. The molecule has 1 atom stereocenters. The molecule has 4 heteroatoms. The highest BCUT2D eigenvalue weighted by Gasteiger charge is 2.23. The van der Waals surface area contributed by atoms with E-state index in [4.69, 9.17) is 0 Å². The molecule has 1 aliphatic rings. The van der Waals surface area contributed by atoms with Crippen LogP contribution in [0.1, 0.15) is 30.6 Å². The number of carbonyl (C=O) groups is 1. The summed E-state index contributed by atoms with van der Waals surface area (Å²) in [4.78, 5) is 14.8. The van der Waals surface area contributed by atoms with Gasteiger partial charge in [0.15, 0.2) is 0 Å². The molecule has 1 unspecified atom stereocenters. The third kappa shape index (κ3) is 4.46. The molecule has 4 nitrogen and oxygen atoms in total. The SMILES string of the molecule is CNc1ccccc1C(=O)NCC1CCN(CC(C)C)C1. The molecule has 2 rings (SSSR count). The summed E-state index contributed by atoms with van der Waals surface area (Å²) in [5.41, 5.74) is 1.60. The lowest BCUT2D eigenvalue weighted by Gasteiger charge is -2.18. The Morgan fingerprint density at radius 1 is 1.38 bits per heavy atom. The van der Waals surface area contributed by atoms with Crippen molar-refractivity contribution in [3.63, 3.8) is 0 Å². The predicted molar refractivity (Wildman–Crippen MR) is 87.7 cm³/mol. The summed E-state index contributed by atoms with van der Waals surface area (Å²) in [6.45, 7) is 8.70. The van der Waals surface area contributed by atoms with E-state index >= 15 is 0 Å². The van der Waals surface area contributed by atoms with E-state index < -0.39 is 0 Å². The maximum atomic E-state index is 12.3. The second-order valence-electron chi connectivity index (χ2n) is 6.31. The van der Waals surface area contributed by atoms with Gasteiger partial charge < -0.3 is 15.5 Å². The van der Waals surface area contributed by atoms with E-state index in [1.54, 1.807) is 0 Å². The molecule has 1 saturated heterocycles. The van der Waals surface area contributed by atoms with E-state index in [-0.39, 0.29) is 5.91 Å². The minimum Gasteiger partial charge on any atom is -0.387 e. The first-order chi connectivity index (χ1) is 10.1. The minimum absolute atomic E-state index is 0.0160. The Balaban J connectivity index is 1.82. The Hall–Kier alpha value is -1.55. The molecule has 0 aromatic heterocycles. The zero-order valence-electron chi connectivity index (χ0n) is 13.4. The van der Waals surface area contributed by atoms with Gasteiger partial charge in [0.2, 0.25) is 0 Å². The second kappa shape index (κ2) is 7.46. The molecule has 2 N–H and O–H groups in total. The van der Waals surface area contributed by atoms with Crippen molar-refractivity contribution in [1.29, 1.82) is 0 Å². The Morgan fingerprint density at radius 2 is 2.14 bits per heavy atom. The van der Waals surface area contributed by atoms with Crippen molar-refractivity contribution in [2.24, 2.45) is 11.8 Å². The largest absolute Gasteiger partial charge is 0.387 e. The number of benzene rings is 1. The monoisotopic (exact) mass is 289 g/mol. The van der Waals surface area contributed by atoms with E-state index in [2.05, 4.69) is 29.4 Å². The van der Waals surface area contributed by atoms with Gasteiger partial charge in [-0.3, -0.25) is 4.79 Å². The fourth-order valence-corrected chi connectivity index (χ4v) is 2.99.